The SMILES string of the molecule is CCCC(=N)N1CCC1. The van der Waals surface area contributed by atoms with Crippen LogP contribution in [0.5, 0.6) is 0 Å². The van der Waals surface area contributed by atoms with Crippen molar-refractivity contribution < 1.29 is 0 Å². The first kappa shape index (κ1) is 6.59. The molecule has 0 aromatic heterocycles. The molecule has 0 atom stereocenters. The van der Waals surface area contributed by atoms with Crippen molar-refractivity contribution in [1.29, 1.82) is 5.41 Å². The summed E-state index contributed by atoms with van der Waals surface area (Å²) < 4.78 is 0. The summed E-state index contributed by atoms with van der Waals surface area (Å²) in [5, 5.41) is 7.47. The van der Waals surface area contributed by atoms with Gasteiger partial charge in [-0.1, -0.05) is 6.92 Å². The Morgan fingerprint density at radius 2 is 2.22 bits per heavy atom. The zero-order valence-electron chi connectivity index (χ0n) is 5.98. The van der Waals surface area contributed by atoms with Crippen molar-refractivity contribution in [3.63, 3.8) is 0 Å². The van der Waals surface area contributed by atoms with E-state index in [2.05, 4.69) is 11.8 Å². The third-order valence-corrected chi connectivity index (χ3v) is 1.72. The quantitative estimate of drug-likeness (QED) is 0.440. The zero-order chi connectivity index (χ0) is 6.69. The van der Waals surface area contributed by atoms with Gasteiger partial charge in [-0.2, -0.15) is 0 Å². The highest BCUT2D eigenvalue weighted by Gasteiger charge is 2.15. The van der Waals surface area contributed by atoms with E-state index in [4.69, 9.17) is 5.41 Å². The second-order valence-corrected chi connectivity index (χ2v) is 2.54. The predicted molar refractivity (Wildman–Crippen MR) is 38.8 cm³/mol. The minimum Gasteiger partial charge on any atom is -0.360 e. The molecule has 52 valence electrons. The summed E-state index contributed by atoms with van der Waals surface area (Å²) in [6, 6.07) is 0. The van der Waals surface area contributed by atoms with Crippen molar-refractivity contribution in [3.8, 4) is 0 Å². The molecule has 1 saturated heterocycles. The molecule has 2 heteroatoms. The summed E-state index contributed by atoms with van der Waals surface area (Å²) in [7, 11) is 0. The Labute approximate surface area is 56.4 Å². The molecular weight excluding hydrogens is 112 g/mol. The van der Waals surface area contributed by atoms with Crippen molar-refractivity contribution in [2.24, 2.45) is 0 Å². The summed E-state index contributed by atoms with van der Waals surface area (Å²) in [4.78, 5) is 2.14. The first-order valence-electron chi connectivity index (χ1n) is 3.67. The fourth-order valence-corrected chi connectivity index (χ4v) is 0.981. The van der Waals surface area contributed by atoms with Crippen LogP contribution in [0.2, 0.25) is 0 Å². The van der Waals surface area contributed by atoms with Crippen LogP contribution in [0.4, 0.5) is 0 Å². The minimum absolute atomic E-state index is 0.837. The molecular formula is C7H14N2. The Morgan fingerprint density at radius 3 is 2.56 bits per heavy atom. The van der Waals surface area contributed by atoms with E-state index in [1.165, 1.54) is 6.42 Å². The number of likely N-dealkylation sites (tertiary alicyclic amines) is 1. The lowest BCUT2D eigenvalue weighted by atomic mass is 10.2. The molecule has 1 fully saturated rings. The van der Waals surface area contributed by atoms with E-state index >= 15 is 0 Å². The third-order valence-electron chi connectivity index (χ3n) is 1.72. The second-order valence-electron chi connectivity index (χ2n) is 2.54. The van der Waals surface area contributed by atoms with Gasteiger partial charge in [0.15, 0.2) is 0 Å². The van der Waals surface area contributed by atoms with Gasteiger partial charge in [-0.3, -0.25) is 5.41 Å². The molecule has 1 aliphatic heterocycles. The van der Waals surface area contributed by atoms with Gasteiger partial charge in [0.1, 0.15) is 0 Å². The second kappa shape index (κ2) is 2.85. The van der Waals surface area contributed by atoms with Crippen molar-refractivity contribution in [2.75, 3.05) is 13.1 Å². The molecule has 0 saturated carbocycles. The Bertz CT molecular complexity index is 105. The van der Waals surface area contributed by atoms with E-state index in [9.17, 15) is 0 Å². The molecule has 0 bridgehead atoms. The van der Waals surface area contributed by atoms with Crippen molar-refractivity contribution in [3.05, 3.63) is 0 Å². The number of hydrogen-bond donors (Lipinski definition) is 1. The largest absolute Gasteiger partial charge is 0.360 e. The van der Waals surface area contributed by atoms with Crippen LogP contribution in [0.15, 0.2) is 0 Å². The van der Waals surface area contributed by atoms with Crippen molar-refractivity contribution in [1.82, 2.24) is 4.90 Å². The first-order valence-corrected chi connectivity index (χ1v) is 3.67. The van der Waals surface area contributed by atoms with Gasteiger partial charge in [0, 0.05) is 19.5 Å². The topological polar surface area (TPSA) is 27.1 Å². The summed E-state index contributed by atoms with van der Waals surface area (Å²) in [6.07, 6.45) is 3.35. The molecule has 2 nitrogen and oxygen atoms in total. The standard InChI is InChI=1S/C7H14N2/c1-2-4-7(8)9-5-3-6-9/h8H,2-6H2,1H3. The van der Waals surface area contributed by atoms with Crippen LogP contribution in [0.1, 0.15) is 26.2 Å². The highest BCUT2D eigenvalue weighted by atomic mass is 15.2. The molecule has 0 spiro atoms. The highest BCUT2D eigenvalue weighted by Crippen LogP contribution is 2.08. The lowest BCUT2D eigenvalue weighted by molar-refractivity contribution is 0.292. The first-order chi connectivity index (χ1) is 4.34. The number of hydrogen-bond acceptors (Lipinski definition) is 1. The van der Waals surface area contributed by atoms with Gasteiger partial charge in [0.05, 0.1) is 5.84 Å². The normalized spacial score (nSPS) is 17.2. The molecule has 1 N–H and O–H groups in total. The Morgan fingerprint density at radius 1 is 1.56 bits per heavy atom. The monoisotopic (exact) mass is 126 g/mol. The fraction of sp³-hybridized carbons (Fsp3) is 0.857. The lowest BCUT2D eigenvalue weighted by Crippen LogP contribution is -2.41. The Balaban J connectivity index is 2.16. The molecule has 0 unspecified atom stereocenters. The summed E-state index contributed by atoms with van der Waals surface area (Å²) in [5.41, 5.74) is 0. The van der Waals surface area contributed by atoms with Gasteiger partial charge in [-0.05, 0) is 12.8 Å². The van der Waals surface area contributed by atoms with Crippen LogP contribution in [-0.2, 0) is 0 Å². The minimum atomic E-state index is 0.837. The smallest absolute Gasteiger partial charge is 0.0957 e. The number of amidine groups is 1. The summed E-state index contributed by atoms with van der Waals surface area (Å²) >= 11 is 0. The van der Waals surface area contributed by atoms with E-state index in [-0.39, 0.29) is 0 Å². The molecule has 9 heavy (non-hydrogen) atoms. The molecule has 0 aromatic rings. The van der Waals surface area contributed by atoms with Gasteiger partial charge < -0.3 is 4.90 Å². The molecule has 0 amide bonds. The lowest BCUT2D eigenvalue weighted by Gasteiger charge is -2.33. The average molecular weight is 126 g/mol. The van der Waals surface area contributed by atoms with Gasteiger partial charge in [-0.25, -0.2) is 0 Å². The number of rotatable bonds is 2. The molecule has 1 aliphatic rings. The third kappa shape index (κ3) is 1.44. The van der Waals surface area contributed by atoms with E-state index in [1.54, 1.807) is 0 Å². The van der Waals surface area contributed by atoms with E-state index < -0.39 is 0 Å². The van der Waals surface area contributed by atoms with Crippen LogP contribution in [0, 0.1) is 5.41 Å². The van der Waals surface area contributed by atoms with Gasteiger partial charge in [0.2, 0.25) is 0 Å². The van der Waals surface area contributed by atoms with Crippen LogP contribution >= 0.6 is 0 Å². The van der Waals surface area contributed by atoms with Crippen molar-refractivity contribution >= 4 is 5.84 Å². The van der Waals surface area contributed by atoms with Crippen LogP contribution in [0.25, 0.3) is 0 Å². The van der Waals surface area contributed by atoms with E-state index in [0.29, 0.717) is 0 Å². The van der Waals surface area contributed by atoms with Gasteiger partial charge in [-0.15, -0.1) is 0 Å². The van der Waals surface area contributed by atoms with E-state index in [1.807, 2.05) is 0 Å². The highest BCUT2D eigenvalue weighted by molar-refractivity contribution is 5.79. The summed E-state index contributed by atoms with van der Waals surface area (Å²) in [5.74, 6) is 0.837. The fourth-order valence-electron chi connectivity index (χ4n) is 0.981. The van der Waals surface area contributed by atoms with E-state index in [0.717, 1.165) is 31.8 Å². The molecule has 1 heterocycles. The van der Waals surface area contributed by atoms with Crippen LogP contribution in [-0.4, -0.2) is 23.8 Å². The predicted octanol–water partition coefficient (Wildman–Crippen LogP) is 1.47. The zero-order valence-corrected chi connectivity index (χ0v) is 5.98. The Kier molecular flexibility index (Phi) is 2.09. The average Bonchev–Trinajstić information content (AvgIpc) is 1.60. The molecule has 0 radical (unpaired) electrons. The van der Waals surface area contributed by atoms with Crippen LogP contribution < -0.4 is 0 Å². The maximum atomic E-state index is 7.47. The molecule has 0 aliphatic carbocycles. The number of nitrogens with zero attached hydrogens (tertiary/aromatic N) is 1. The summed E-state index contributed by atoms with van der Waals surface area (Å²) in [6.45, 7) is 4.37. The van der Waals surface area contributed by atoms with Gasteiger partial charge >= 0.3 is 0 Å². The molecule has 1 rings (SSSR count). The van der Waals surface area contributed by atoms with Gasteiger partial charge in [0.25, 0.3) is 0 Å². The van der Waals surface area contributed by atoms with Crippen LogP contribution in [0.3, 0.4) is 0 Å². The number of nitrogens with one attached hydrogen (secondary N) is 1. The Hall–Kier alpha value is -0.530. The maximum Gasteiger partial charge on any atom is 0.0957 e. The van der Waals surface area contributed by atoms with Crippen molar-refractivity contribution in [2.45, 2.75) is 26.2 Å². The maximum absolute atomic E-state index is 7.47. The molecule has 0 aromatic carbocycles.